The Balaban J connectivity index is 1.57. The smallest absolute Gasteiger partial charge is 0.261 e. The zero-order chi connectivity index (χ0) is 22.9. The predicted molar refractivity (Wildman–Crippen MR) is 141 cm³/mol. The SMILES string of the molecule is Cc1ccc(N2C(=O)S/C(=C\c3cn(-c4ccccc4)nc3-c3ccc(Cl)cc3)C2=S)cc1. The van der Waals surface area contributed by atoms with Gasteiger partial charge in [-0.25, -0.2) is 4.68 Å². The summed E-state index contributed by atoms with van der Waals surface area (Å²) in [6.07, 6.45) is 3.89. The van der Waals surface area contributed by atoms with Gasteiger partial charge in [0.25, 0.3) is 5.24 Å². The number of amides is 1. The molecule has 0 N–H and O–H groups in total. The molecule has 7 heteroatoms. The number of halogens is 1. The molecule has 1 fully saturated rings. The number of aryl methyl sites for hydroxylation is 1. The number of anilines is 1. The van der Waals surface area contributed by atoms with E-state index >= 15 is 0 Å². The second kappa shape index (κ2) is 8.98. The Morgan fingerprint density at radius 3 is 2.33 bits per heavy atom. The molecule has 0 radical (unpaired) electrons. The maximum atomic E-state index is 12.8. The number of carbonyl (C=O) groups excluding carboxylic acids is 1. The summed E-state index contributed by atoms with van der Waals surface area (Å²) in [5, 5.41) is 5.38. The molecule has 1 amide bonds. The van der Waals surface area contributed by atoms with Crippen LogP contribution in [-0.4, -0.2) is 20.0 Å². The van der Waals surface area contributed by atoms with Gasteiger partial charge in [-0.05, 0) is 61.2 Å². The molecule has 0 saturated carbocycles. The molecule has 33 heavy (non-hydrogen) atoms. The maximum absolute atomic E-state index is 12.8. The van der Waals surface area contributed by atoms with E-state index in [0.717, 1.165) is 50.4 Å². The molecule has 1 aliphatic heterocycles. The summed E-state index contributed by atoms with van der Waals surface area (Å²) in [4.78, 5) is 15.6. The van der Waals surface area contributed by atoms with Crippen molar-refractivity contribution in [2.24, 2.45) is 0 Å². The van der Waals surface area contributed by atoms with E-state index < -0.39 is 0 Å². The van der Waals surface area contributed by atoms with Gasteiger partial charge in [0.2, 0.25) is 0 Å². The molecule has 4 nitrogen and oxygen atoms in total. The van der Waals surface area contributed by atoms with Gasteiger partial charge in [-0.15, -0.1) is 0 Å². The Kier molecular flexibility index (Phi) is 5.89. The van der Waals surface area contributed by atoms with E-state index in [0.29, 0.717) is 10.0 Å². The van der Waals surface area contributed by atoms with Crippen LogP contribution in [0.1, 0.15) is 11.1 Å². The summed E-state index contributed by atoms with van der Waals surface area (Å²) in [5.74, 6) is 0. The predicted octanol–water partition coefficient (Wildman–Crippen LogP) is 7.54. The van der Waals surface area contributed by atoms with Gasteiger partial charge < -0.3 is 0 Å². The van der Waals surface area contributed by atoms with Gasteiger partial charge in [-0.2, -0.15) is 5.10 Å². The van der Waals surface area contributed by atoms with Crippen LogP contribution in [0.15, 0.2) is 90.0 Å². The summed E-state index contributed by atoms with van der Waals surface area (Å²) in [5.41, 5.74) is 5.41. The third-order valence-electron chi connectivity index (χ3n) is 5.25. The van der Waals surface area contributed by atoms with E-state index in [9.17, 15) is 4.79 Å². The molecular formula is C26H18ClN3OS2. The van der Waals surface area contributed by atoms with Gasteiger partial charge in [-0.1, -0.05) is 71.8 Å². The van der Waals surface area contributed by atoms with Crippen molar-refractivity contribution in [1.29, 1.82) is 0 Å². The van der Waals surface area contributed by atoms with Gasteiger partial charge in [0.1, 0.15) is 4.99 Å². The van der Waals surface area contributed by atoms with E-state index in [4.69, 9.17) is 28.9 Å². The fourth-order valence-corrected chi connectivity index (χ4v) is 4.96. The number of hydrogen-bond donors (Lipinski definition) is 0. The first-order valence-electron chi connectivity index (χ1n) is 10.3. The minimum Gasteiger partial charge on any atom is -0.261 e. The van der Waals surface area contributed by atoms with E-state index in [1.165, 1.54) is 0 Å². The highest BCUT2D eigenvalue weighted by molar-refractivity contribution is 8.20. The van der Waals surface area contributed by atoms with Crippen LogP contribution in [-0.2, 0) is 0 Å². The van der Waals surface area contributed by atoms with Crippen LogP contribution < -0.4 is 4.90 Å². The van der Waals surface area contributed by atoms with Gasteiger partial charge >= 0.3 is 0 Å². The second-order valence-corrected chi connectivity index (χ2v) is 9.39. The summed E-state index contributed by atoms with van der Waals surface area (Å²) < 4.78 is 1.83. The van der Waals surface area contributed by atoms with Crippen molar-refractivity contribution in [2.75, 3.05) is 4.90 Å². The highest BCUT2D eigenvalue weighted by Gasteiger charge is 2.33. The Morgan fingerprint density at radius 2 is 1.64 bits per heavy atom. The number of benzene rings is 3. The summed E-state index contributed by atoms with van der Waals surface area (Å²) in [6.45, 7) is 2.01. The molecule has 4 aromatic rings. The minimum atomic E-state index is -0.112. The Morgan fingerprint density at radius 1 is 0.939 bits per heavy atom. The Hall–Kier alpha value is -3.19. The molecule has 1 aliphatic rings. The van der Waals surface area contributed by atoms with Crippen molar-refractivity contribution in [2.45, 2.75) is 6.92 Å². The molecule has 1 saturated heterocycles. The lowest BCUT2D eigenvalue weighted by Crippen LogP contribution is -2.26. The van der Waals surface area contributed by atoms with Crippen LogP contribution in [0.25, 0.3) is 23.0 Å². The van der Waals surface area contributed by atoms with Crippen LogP contribution in [0.2, 0.25) is 5.02 Å². The van der Waals surface area contributed by atoms with E-state index in [-0.39, 0.29) is 5.24 Å². The number of aromatic nitrogens is 2. The summed E-state index contributed by atoms with van der Waals surface area (Å²) >= 11 is 12.9. The quantitative estimate of drug-likeness (QED) is 0.220. The normalized spacial score (nSPS) is 15.0. The average molecular weight is 488 g/mol. The van der Waals surface area contributed by atoms with E-state index in [1.54, 1.807) is 4.90 Å². The van der Waals surface area contributed by atoms with Crippen LogP contribution in [0, 0.1) is 6.92 Å². The summed E-state index contributed by atoms with van der Waals surface area (Å²) in [6, 6.07) is 25.2. The third-order valence-corrected chi connectivity index (χ3v) is 6.93. The topological polar surface area (TPSA) is 38.1 Å². The molecular weight excluding hydrogens is 470 g/mol. The fraction of sp³-hybridized carbons (Fsp3) is 0.0385. The van der Waals surface area contributed by atoms with Crippen LogP contribution in [0.4, 0.5) is 10.5 Å². The first kappa shape index (κ1) is 21.6. The number of nitrogens with zero attached hydrogens (tertiary/aromatic N) is 3. The first-order valence-corrected chi connectivity index (χ1v) is 11.9. The number of hydrogen-bond acceptors (Lipinski definition) is 4. The lowest BCUT2D eigenvalue weighted by atomic mass is 10.1. The molecule has 2 heterocycles. The molecule has 0 atom stereocenters. The lowest BCUT2D eigenvalue weighted by molar-refractivity contribution is 0.268. The van der Waals surface area contributed by atoms with Crippen molar-refractivity contribution < 1.29 is 4.79 Å². The molecule has 0 aliphatic carbocycles. The van der Waals surface area contributed by atoms with E-state index in [2.05, 4.69) is 0 Å². The monoisotopic (exact) mass is 487 g/mol. The van der Waals surface area contributed by atoms with Gasteiger partial charge in [0.05, 0.1) is 22.0 Å². The third kappa shape index (κ3) is 4.37. The minimum absolute atomic E-state index is 0.112. The van der Waals surface area contributed by atoms with Gasteiger partial charge in [0, 0.05) is 22.3 Å². The van der Waals surface area contributed by atoms with E-state index in [1.807, 2.05) is 103 Å². The fourth-order valence-electron chi connectivity index (χ4n) is 3.56. The standard InChI is InChI=1S/C26H18ClN3OS2/c1-17-7-13-22(14-8-17)30-25(32)23(33-26(30)31)15-19-16-29(21-5-3-2-4-6-21)28-24(19)18-9-11-20(27)12-10-18/h2-16H,1H3/b23-15-. The molecule has 162 valence electrons. The molecule has 0 unspecified atom stereocenters. The largest absolute Gasteiger partial charge is 0.296 e. The zero-order valence-corrected chi connectivity index (χ0v) is 20.0. The highest BCUT2D eigenvalue weighted by Crippen LogP contribution is 2.38. The Labute approximate surface area is 206 Å². The van der Waals surface area contributed by atoms with Crippen molar-refractivity contribution in [3.63, 3.8) is 0 Å². The Bertz CT molecular complexity index is 1380. The van der Waals surface area contributed by atoms with Crippen molar-refractivity contribution >= 4 is 57.6 Å². The number of thiocarbonyl (C=S) groups is 1. The number of rotatable bonds is 4. The number of para-hydroxylation sites is 1. The lowest BCUT2D eigenvalue weighted by Gasteiger charge is -2.14. The number of carbonyl (C=O) groups is 1. The van der Waals surface area contributed by atoms with Gasteiger partial charge in [0.15, 0.2) is 0 Å². The molecule has 0 spiro atoms. The maximum Gasteiger partial charge on any atom is 0.296 e. The summed E-state index contributed by atoms with van der Waals surface area (Å²) in [7, 11) is 0. The number of thioether (sulfide) groups is 1. The van der Waals surface area contributed by atoms with Crippen molar-refractivity contribution in [3.8, 4) is 16.9 Å². The first-order chi connectivity index (χ1) is 16.0. The van der Waals surface area contributed by atoms with Crippen molar-refractivity contribution in [1.82, 2.24) is 9.78 Å². The zero-order valence-electron chi connectivity index (χ0n) is 17.6. The second-order valence-electron chi connectivity index (χ2n) is 7.57. The highest BCUT2D eigenvalue weighted by atomic mass is 35.5. The van der Waals surface area contributed by atoms with Gasteiger partial charge in [-0.3, -0.25) is 9.69 Å². The molecule has 1 aromatic heterocycles. The van der Waals surface area contributed by atoms with Crippen molar-refractivity contribution in [3.05, 3.63) is 106 Å². The van der Waals surface area contributed by atoms with Crippen LogP contribution >= 0.6 is 35.6 Å². The van der Waals surface area contributed by atoms with Crippen LogP contribution in [0.3, 0.4) is 0 Å². The average Bonchev–Trinajstić information content (AvgIpc) is 3.36. The van der Waals surface area contributed by atoms with Crippen LogP contribution in [0.5, 0.6) is 0 Å². The molecule has 5 rings (SSSR count). The molecule has 0 bridgehead atoms. The molecule has 3 aromatic carbocycles.